The van der Waals surface area contributed by atoms with Gasteiger partial charge in [0.2, 0.25) is 5.91 Å². The number of amides is 1. The molecule has 0 aromatic rings. The van der Waals surface area contributed by atoms with Crippen LogP contribution in [0.2, 0.25) is 0 Å². The number of likely N-dealkylation sites (tertiary alicyclic amines) is 1. The van der Waals surface area contributed by atoms with Crippen LogP contribution in [0.5, 0.6) is 0 Å². The molecule has 1 amide bonds. The van der Waals surface area contributed by atoms with Crippen molar-refractivity contribution in [2.24, 2.45) is 5.92 Å². The summed E-state index contributed by atoms with van der Waals surface area (Å²) in [4.78, 5) is 14.1. The summed E-state index contributed by atoms with van der Waals surface area (Å²) >= 11 is 0. The fourth-order valence-corrected chi connectivity index (χ4v) is 2.70. The summed E-state index contributed by atoms with van der Waals surface area (Å²) in [5, 5.41) is 6.33. The normalized spacial score (nSPS) is 26.4. The maximum absolute atomic E-state index is 11.7. The van der Waals surface area contributed by atoms with Crippen LogP contribution in [0.15, 0.2) is 0 Å². The van der Waals surface area contributed by atoms with Gasteiger partial charge < -0.3 is 20.3 Å². The zero-order chi connectivity index (χ0) is 12.8. The summed E-state index contributed by atoms with van der Waals surface area (Å²) in [6.45, 7) is 5.26. The van der Waals surface area contributed by atoms with Gasteiger partial charge in [0.15, 0.2) is 0 Å². The molecule has 5 heteroatoms. The third kappa shape index (κ3) is 4.55. The van der Waals surface area contributed by atoms with E-state index in [4.69, 9.17) is 4.74 Å². The lowest BCUT2D eigenvalue weighted by atomic mass is 10.1. The molecule has 2 heterocycles. The number of nitrogens with one attached hydrogen (secondary N) is 2. The zero-order valence-electron chi connectivity index (χ0n) is 11.3. The minimum absolute atomic E-state index is 0.119. The van der Waals surface area contributed by atoms with E-state index in [9.17, 15) is 4.79 Å². The Kier molecular flexibility index (Phi) is 5.41. The van der Waals surface area contributed by atoms with Gasteiger partial charge in [0.1, 0.15) is 0 Å². The molecule has 18 heavy (non-hydrogen) atoms. The molecule has 0 aromatic carbocycles. The Morgan fingerprint density at radius 2 is 2.11 bits per heavy atom. The Morgan fingerprint density at radius 3 is 2.78 bits per heavy atom. The van der Waals surface area contributed by atoms with Crippen LogP contribution < -0.4 is 10.6 Å². The van der Waals surface area contributed by atoms with Crippen molar-refractivity contribution in [3.05, 3.63) is 0 Å². The second-order valence-corrected chi connectivity index (χ2v) is 5.50. The highest BCUT2D eigenvalue weighted by Gasteiger charge is 2.19. The fraction of sp³-hybridized carbons (Fsp3) is 0.923. The maximum Gasteiger partial charge on any atom is 0.234 e. The average molecular weight is 255 g/mol. The number of nitrogens with zero attached hydrogens (tertiary/aromatic N) is 1. The fourth-order valence-electron chi connectivity index (χ4n) is 2.70. The van der Waals surface area contributed by atoms with Gasteiger partial charge >= 0.3 is 0 Å². The Morgan fingerprint density at radius 1 is 1.33 bits per heavy atom. The van der Waals surface area contributed by atoms with Crippen molar-refractivity contribution in [2.75, 3.05) is 46.4 Å². The van der Waals surface area contributed by atoms with E-state index in [1.54, 1.807) is 0 Å². The van der Waals surface area contributed by atoms with Gasteiger partial charge in [0.25, 0.3) is 0 Å². The van der Waals surface area contributed by atoms with Crippen LogP contribution in [0.3, 0.4) is 0 Å². The first-order chi connectivity index (χ1) is 8.74. The first-order valence-corrected chi connectivity index (χ1v) is 7.00. The van der Waals surface area contributed by atoms with Gasteiger partial charge in [-0.2, -0.15) is 0 Å². The molecule has 1 unspecified atom stereocenters. The summed E-state index contributed by atoms with van der Waals surface area (Å²) in [5.41, 5.74) is 0. The summed E-state index contributed by atoms with van der Waals surface area (Å²) in [5.74, 6) is 0.819. The molecule has 2 aliphatic rings. The third-order valence-electron chi connectivity index (χ3n) is 3.79. The maximum atomic E-state index is 11.7. The van der Waals surface area contributed by atoms with Crippen molar-refractivity contribution in [1.29, 1.82) is 0 Å². The summed E-state index contributed by atoms with van der Waals surface area (Å²) < 4.78 is 5.27. The molecule has 2 saturated heterocycles. The van der Waals surface area contributed by atoms with Gasteiger partial charge in [-0.3, -0.25) is 4.79 Å². The van der Waals surface area contributed by atoms with Gasteiger partial charge in [-0.15, -0.1) is 0 Å². The van der Waals surface area contributed by atoms with Crippen molar-refractivity contribution in [1.82, 2.24) is 15.5 Å². The van der Waals surface area contributed by atoms with E-state index in [0.717, 1.165) is 39.1 Å². The standard InChI is InChI=1S/C13H25N3O2/c1-16-5-2-11(10-16)8-14-9-13(17)15-12-3-6-18-7-4-12/h11-12,14H,2-10H2,1H3,(H,15,17). The largest absolute Gasteiger partial charge is 0.381 e. The average Bonchev–Trinajstić information content (AvgIpc) is 2.76. The molecular weight excluding hydrogens is 230 g/mol. The Bertz CT molecular complexity index is 267. The molecule has 2 fully saturated rings. The predicted molar refractivity (Wildman–Crippen MR) is 70.5 cm³/mol. The topological polar surface area (TPSA) is 53.6 Å². The van der Waals surface area contributed by atoms with E-state index < -0.39 is 0 Å². The zero-order valence-corrected chi connectivity index (χ0v) is 11.3. The van der Waals surface area contributed by atoms with Crippen LogP contribution in [-0.2, 0) is 9.53 Å². The van der Waals surface area contributed by atoms with Gasteiger partial charge in [-0.05, 0) is 45.3 Å². The first-order valence-electron chi connectivity index (χ1n) is 7.00. The van der Waals surface area contributed by atoms with Crippen molar-refractivity contribution in [3.8, 4) is 0 Å². The second-order valence-electron chi connectivity index (χ2n) is 5.50. The lowest BCUT2D eigenvalue weighted by Crippen LogP contribution is -2.43. The summed E-state index contributed by atoms with van der Waals surface area (Å²) in [7, 11) is 2.15. The van der Waals surface area contributed by atoms with Crippen LogP contribution in [0, 0.1) is 5.92 Å². The van der Waals surface area contributed by atoms with Crippen LogP contribution in [0.25, 0.3) is 0 Å². The van der Waals surface area contributed by atoms with Crippen LogP contribution in [-0.4, -0.2) is 63.3 Å². The molecule has 1 atom stereocenters. The monoisotopic (exact) mass is 255 g/mol. The lowest BCUT2D eigenvalue weighted by molar-refractivity contribution is -0.121. The third-order valence-corrected chi connectivity index (χ3v) is 3.79. The van der Waals surface area contributed by atoms with Crippen LogP contribution in [0.1, 0.15) is 19.3 Å². The molecule has 0 radical (unpaired) electrons. The van der Waals surface area contributed by atoms with E-state index in [-0.39, 0.29) is 5.91 Å². The number of ether oxygens (including phenoxy) is 1. The smallest absolute Gasteiger partial charge is 0.234 e. The molecule has 104 valence electrons. The summed E-state index contributed by atoms with van der Waals surface area (Å²) in [6, 6.07) is 0.311. The van der Waals surface area contributed by atoms with Gasteiger partial charge in [-0.1, -0.05) is 0 Å². The van der Waals surface area contributed by atoms with Crippen LogP contribution >= 0.6 is 0 Å². The first kappa shape index (κ1) is 13.8. The molecule has 5 nitrogen and oxygen atoms in total. The van der Waals surface area contributed by atoms with E-state index in [1.807, 2.05) is 0 Å². The van der Waals surface area contributed by atoms with Crippen molar-refractivity contribution in [3.63, 3.8) is 0 Å². The molecule has 2 rings (SSSR count). The van der Waals surface area contributed by atoms with E-state index in [0.29, 0.717) is 18.5 Å². The second kappa shape index (κ2) is 7.07. The highest BCUT2D eigenvalue weighted by atomic mass is 16.5. The molecule has 0 spiro atoms. The van der Waals surface area contributed by atoms with E-state index >= 15 is 0 Å². The number of carbonyl (C=O) groups is 1. The Labute approximate surface area is 109 Å². The SMILES string of the molecule is CN1CCC(CNCC(=O)NC2CCOCC2)C1. The molecule has 0 aliphatic carbocycles. The van der Waals surface area contributed by atoms with Crippen LogP contribution in [0.4, 0.5) is 0 Å². The summed E-state index contributed by atoms with van der Waals surface area (Å²) in [6.07, 6.45) is 3.13. The molecule has 0 saturated carbocycles. The lowest BCUT2D eigenvalue weighted by Gasteiger charge is -2.23. The van der Waals surface area contributed by atoms with Crippen molar-refractivity contribution in [2.45, 2.75) is 25.3 Å². The van der Waals surface area contributed by atoms with Crippen molar-refractivity contribution < 1.29 is 9.53 Å². The molecule has 2 N–H and O–H groups in total. The quantitative estimate of drug-likeness (QED) is 0.716. The highest BCUT2D eigenvalue weighted by Crippen LogP contribution is 2.12. The molecule has 0 bridgehead atoms. The number of hydrogen-bond donors (Lipinski definition) is 2. The van der Waals surface area contributed by atoms with Crippen molar-refractivity contribution >= 4 is 5.91 Å². The molecular formula is C13H25N3O2. The molecule has 2 aliphatic heterocycles. The molecule has 0 aromatic heterocycles. The Hall–Kier alpha value is -0.650. The Balaban J connectivity index is 1.54. The highest BCUT2D eigenvalue weighted by molar-refractivity contribution is 5.78. The van der Waals surface area contributed by atoms with E-state index in [2.05, 4.69) is 22.6 Å². The van der Waals surface area contributed by atoms with E-state index in [1.165, 1.54) is 13.0 Å². The van der Waals surface area contributed by atoms with Gasteiger partial charge in [0.05, 0.1) is 6.54 Å². The number of rotatable bonds is 5. The number of hydrogen-bond acceptors (Lipinski definition) is 4. The predicted octanol–water partition coefficient (Wildman–Crippen LogP) is -0.177. The minimum Gasteiger partial charge on any atom is -0.381 e. The van der Waals surface area contributed by atoms with Gasteiger partial charge in [-0.25, -0.2) is 0 Å². The number of carbonyl (C=O) groups excluding carboxylic acids is 1. The minimum atomic E-state index is 0.119. The van der Waals surface area contributed by atoms with Gasteiger partial charge in [0, 0.05) is 25.8 Å².